The maximum atomic E-state index is 4.34. The molecule has 5 heteroatoms. The topological polar surface area (TPSA) is 50.5 Å². The van der Waals surface area contributed by atoms with Gasteiger partial charge in [-0.05, 0) is 18.6 Å². The van der Waals surface area contributed by atoms with E-state index in [1.54, 1.807) is 31.5 Å². The van der Waals surface area contributed by atoms with Gasteiger partial charge in [0.15, 0.2) is 0 Å². The van der Waals surface area contributed by atoms with Crippen LogP contribution in [0.1, 0.15) is 25.0 Å². The number of aryl methyl sites for hydroxylation is 1. The highest BCUT2D eigenvalue weighted by atomic mass is 32.1. The van der Waals surface area contributed by atoms with Crippen LogP contribution in [0, 0.1) is 6.92 Å². The summed E-state index contributed by atoms with van der Waals surface area (Å²) in [5.41, 5.74) is 3.89. The molecule has 0 bridgehead atoms. The molecule has 0 unspecified atom stereocenters. The number of fused-ring (bicyclic) bond motifs is 1. The molecule has 0 N–H and O–H groups in total. The summed E-state index contributed by atoms with van der Waals surface area (Å²) in [5.74, 6) is 0.636. The van der Waals surface area contributed by atoms with E-state index in [9.17, 15) is 0 Å². The molecule has 2 rings (SSSR count). The standard InChI is InChI=1S/C14H14N4S.C2H6/c1-4-5-6-12(15-3)16-9-11-8-7-10(2)13-14(11)18-19-17-13;1-2/h4-9H,1H2,2-3H3;1-2H3/b6-5-,15-12?,16-9?;. The monoisotopic (exact) mass is 300 g/mol. The summed E-state index contributed by atoms with van der Waals surface area (Å²) >= 11 is 1.22. The molecule has 4 nitrogen and oxygen atoms in total. The summed E-state index contributed by atoms with van der Waals surface area (Å²) in [5, 5.41) is 0. The van der Waals surface area contributed by atoms with Gasteiger partial charge in [0.2, 0.25) is 0 Å². The predicted molar refractivity (Wildman–Crippen MR) is 93.8 cm³/mol. The maximum absolute atomic E-state index is 4.34. The van der Waals surface area contributed by atoms with E-state index in [2.05, 4.69) is 25.3 Å². The van der Waals surface area contributed by atoms with Crippen LogP contribution in [0.3, 0.4) is 0 Å². The smallest absolute Gasteiger partial charge is 0.146 e. The third-order valence-electron chi connectivity index (χ3n) is 2.59. The first-order chi connectivity index (χ1) is 10.3. The van der Waals surface area contributed by atoms with E-state index in [1.165, 1.54) is 11.7 Å². The normalized spacial score (nSPS) is 11.9. The molecule has 0 atom stereocenters. The van der Waals surface area contributed by atoms with Crippen molar-refractivity contribution in [1.82, 2.24) is 8.75 Å². The summed E-state index contributed by atoms with van der Waals surface area (Å²) in [4.78, 5) is 8.41. The Morgan fingerprint density at radius 1 is 1.24 bits per heavy atom. The highest BCUT2D eigenvalue weighted by molar-refractivity contribution is 7.00. The molecule has 0 aliphatic heterocycles. The Morgan fingerprint density at radius 2 is 1.95 bits per heavy atom. The Kier molecular flexibility index (Phi) is 7.18. The molecule has 1 aromatic heterocycles. The number of allylic oxidation sites excluding steroid dienone is 2. The fourth-order valence-corrected chi connectivity index (χ4v) is 2.21. The van der Waals surface area contributed by atoms with Crippen molar-refractivity contribution in [1.29, 1.82) is 0 Å². The van der Waals surface area contributed by atoms with Gasteiger partial charge in [-0.3, -0.25) is 4.99 Å². The Bertz CT molecular complexity index is 681. The molecule has 21 heavy (non-hydrogen) atoms. The van der Waals surface area contributed by atoms with Gasteiger partial charge in [-0.1, -0.05) is 44.7 Å². The minimum atomic E-state index is 0.636. The molecular weight excluding hydrogens is 280 g/mol. The van der Waals surface area contributed by atoms with Gasteiger partial charge in [-0.15, -0.1) is 0 Å². The van der Waals surface area contributed by atoms with Gasteiger partial charge in [0.1, 0.15) is 16.9 Å². The molecule has 0 saturated carbocycles. The molecular formula is C16H20N4S. The SMILES string of the molecule is C=C/C=C\C(N=Cc1ccc(C)c2nsnc12)=NC.CC. The summed E-state index contributed by atoms with van der Waals surface area (Å²) in [6.45, 7) is 9.64. The van der Waals surface area contributed by atoms with E-state index in [4.69, 9.17) is 0 Å². The van der Waals surface area contributed by atoms with Crippen LogP contribution < -0.4 is 0 Å². The van der Waals surface area contributed by atoms with Gasteiger partial charge in [-0.25, -0.2) is 4.99 Å². The van der Waals surface area contributed by atoms with E-state index in [1.807, 2.05) is 32.9 Å². The van der Waals surface area contributed by atoms with Crippen molar-refractivity contribution in [2.45, 2.75) is 20.8 Å². The molecule has 0 radical (unpaired) electrons. The average Bonchev–Trinajstić information content (AvgIpc) is 3.02. The number of nitrogens with zero attached hydrogens (tertiary/aromatic N) is 4. The van der Waals surface area contributed by atoms with Gasteiger partial charge >= 0.3 is 0 Å². The van der Waals surface area contributed by atoms with Crippen molar-refractivity contribution in [2.24, 2.45) is 9.98 Å². The fourth-order valence-electron chi connectivity index (χ4n) is 1.58. The molecule has 1 aromatic carbocycles. The van der Waals surface area contributed by atoms with Gasteiger partial charge in [0.25, 0.3) is 0 Å². The molecule has 0 fully saturated rings. The molecule has 0 amide bonds. The lowest BCUT2D eigenvalue weighted by Crippen LogP contribution is -1.92. The van der Waals surface area contributed by atoms with Gasteiger partial charge in [0.05, 0.1) is 11.7 Å². The zero-order chi connectivity index (χ0) is 15.7. The first-order valence-electron chi connectivity index (χ1n) is 6.78. The lowest BCUT2D eigenvalue weighted by atomic mass is 10.1. The number of rotatable bonds is 3. The first kappa shape index (κ1) is 16.9. The third-order valence-corrected chi connectivity index (χ3v) is 3.12. The molecule has 0 spiro atoms. The van der Waals surface area contributed by atoms with E-state index < -0.39 is 0 Å². The fraction of sp³-hybridized carbons (Fsp3) is 0.250. The number of amidine groups is 1. The molecule has 0 aliphatic rings. The molecule has 1 heterocycles. The Labute approximate surface area is 130 Å². The number of hydrogen-bond donors (Lipinski definition) is 0. The Hall–Kier alpha value is -2.14. The summed E-state index contributed by atoms with van der Waals surface area (Å²) in [7, 11) is 1.70. The third kappa shape index (κ3) is 4.43. The van der Waals surface area contributed by atoms with Gasteiger partial charge in [0, 0.05) is 18.8 Å². The van der Waals surface area contributed by atoms with Crippen molar-refractivity contribution >= 4 is 34.8 Å². The highest BCUT2D eigenvalue weighted by Gasteiger charge is 2.05. The van der Waals surface area contributed by atoms with Gasteiger partial charge < -0.3 is 0 Å². The van der Waals surface area contributed by atoms with Crippen molar-refractivity contribution in [3.63, 3.8) is 0 Å². The zero-order valence-corrected chi connectivity index (χ0v) is 13.7. The maximum Gasteiger partial charge on any atom is 0.146 e. The average molecular weight is 300 g/mol. The second-order valence-corrected chi connectivity index (χ2v) is 4.40. The summed E-state index contributed by atoms with van der Waals surface area (Å²) in [6.07, 6.45) is 7.05. The quantitative estimate of drug-likeness (QED) is 0.484. The van der Waals surface area contributed by atoms with Crippen LogP contribution in [0.5, 0.6) is 0 Å². The van der Waals surface area contributed by atoms with Crippen LogP contribution in [0.25, 0.3) is 11.0 Å². The van der Waals surface area contributed by atoms with Crippen LogP contribution >= 0.6 is 11.7 Å². The second-order valence-electron chi connectivity index (χ2n) is 3.87. The molecule has 110 valence electrons. The Balaban J connectivity index is 0.00000106. The molecule has 0 aliphatic carbocycles. The lowest BCUT2D eigenvalue weighted by molar-refractivity contribution is 1.41. The van der Waals surface area contributed by atoms with E-state index in [-0.39, 0.29) is 0 Å². The van der Waals surface area contributed by atoms with Crippen molar-refractivity contribution in [3.05, 3.63) is 48.1 Å². The van der Waals surface area contributed by atoms with Crippen LogP contribution in [-0.2, 0) is 0 Å². The first-order valence-corrected chi connectivity index (χ1v) is 7.51. The van der Waals surface area contributed by atoms with Crippen LogP contribution in [-0.4, -0.2) is 27.8 Å². The van der Waals surface area contributed by atoms with E-state index >= 15 is 0 Å². The highest BCUT2D eigenvalue weighted by Crippen LogP contribution is 2.19. The zero-order valence-electron chi connectivity index (χ0n) is 12.9. The van der Waals surface area contributed by atoms with E-state index in [0.717, 1.165) is 22.2 Å². The van der Waals surface area contributed by atoms with Crippen molar-refractivity contribution in [3.8, 4) is 0 Å². The Morgan fingerprint density at radius 3 is 2.62 bits per heavy atom. The minimum absolute atomic E-state index is 0.636. The van der Waals surface area contributed by atoms with E-state index in [0.29, 0.717) is 5.84 Å². The summed E-state index contributed by atoms with van der Waals surface area (Å²) < 4.78 is 8.60. The molecule has 2 aromatic rings. The van der Waals surface area contributed by atoms with Gasteiger partial charge in [-0.2, -0.15) is 8.75 Å². The van der Waals surface area contributed by atoms with Crippen LogP contribution in [0.4, 0.5) is 0 Å². The van der Waals surface area contributed by atoms with Crippen molar-refractivity contribution in [2.75, 3.05) is 7.05 Å². The molecule has 0 saturated heterocycles. The van der Waals surface area contributed by atoms with Crippen LogP contribution in [0.15, 0.2) is 46.9 Å². The minimum Gasteiger partial charge on any atom is -0.270 e. The summed E-state index contributed by atoms with van der Waals surface area (Å²) in [6, 6.07) is 4.01. The van der Waals surface area contributed by atoms with Crippen LogP contribution in [0.2, 0.25) is 0 Å². The number of benzene rings is 1. The number of hydrogen-bond acceptors (Lipinski definition) is 4. The number of aromatic nitrogens is 2. The number of aliphatic imine (C=N–C) groups is 2. The second kappa shape index (κ2) is 8.92. The van der Waals surface area contributed by atoms with Crippen molar-refractivity contribution < 1.29 is 0 Å². The predicted octanol–water partition coefficient (Wildman–Crippen LogP) is 4.22. The lowest BCUT2D eigenvalue weighted by Gasteiger charge is -1.97. The largest absolute Gasteiger partial charge is 0.270 e.